The molecular formula is C23H26ClFN6O2. The van der Waals surface area contributed by atoms with Crippen molar-refractivity contribution in [3.63, 3.8) is 0 Å². The molecule has 3 heterocycles. The lowest BCUT2D eigenvalue weighted by Gasteiger charge is -2.28. The van der Waals surface area contributed by atoms with E-state index in [2.05, 4.69) is 15.6 Å². The van der Waals surface area contributed by atoms with Crippen molar-refractivity contribution >= 4 is 35.0 Å². The van der Waals surface area contributed by atoms with Crippen LogP contribution < -0.4 is 16.4 Å². The number of fused-ring (bicyclic) bond motifs is 2. The van der Waals surface area contributed by atoms with Gasteiger partial charge in [-0.25, -0.2) is 14.2 Å². The van der Waals surface area contributed by atoms with E-state index in [0.29, 0.717) is 36.0 Å². The maximum atomic E-state index is 15.6. The second-order valence-corrected chi connectivity index (χ2v) is 9.63. The molecule has 8 nitrogen and oxygen atoms in total. The van der Waals surface area contributed by atoms with Gasteiger partial charge in [0.1, 0.15) is 11.6 Å². The number of hydrogen-bond acceptors (Lipinski definition) is 5. The van der Waals surface area contributed by atoms with E-state index in [9.17, 15) is 9.59 Å². The number of pyridine rings is 1. The summed E-state index contributed by atoms with van der Waals surface area (Å²) in [4.78, 5) is 32.5. The van der Waals surface area contributed by atoms with Crippen LogP contribution in [0.2, 0.25) is 5.02 Å². The predicted octanol–water partition coefficient (Wildman–Crippen LogP) is 3.07. The summed E-state index contributed by atoms with van der Waals surface area (Å²) in [7, 11) is 3.09. The molecule has 0 bridgehead atoms. The molecule has 2 atom stereocenters. The summed E-state index contributed by atoms with van der Waals surface area (Å²) in [6, 6.07) is 3.15. The molecule has 1 aliphatic carbocycles. The quantitative estimate of drug-likeness (QED) is 0.596. The number of nitrogens with zero attached hydrogens (tertiary/aromatic N) is 3. The average Bonchev–Trinajstić information content (AvgIpc) is 3.48. The number of nitrogens with one attached hydrogen (secondary N) is 2. The third kappa shape index (κ3) is 3.28. The summed E-state index contributed by atoms with van der Waals surface area (Å²) >= 11 is 6.93. The van der Waals surface area contributed by atoms with Gasteiger partial charge in [-0.1, -0.05) is 11.6 Å². The SMILES string of the molecule is CN(C)C(=O)c1c(N)ccc(-c2cnc3c(c2Cl)C2(CCC(N4CCNC4=O)C2)CN3)c1F. The number of benzene rings is 1. The van der Waals surface area contributed by atoms with Crippen LogP contribution in [0.5, 0.6) is 0 Å². The molecule has 2 unspecified atom stereocenters. The van der Waals surface area contributed by atoms with E-state index < -0.39 is 11.7 Å². The zero-order valence-corrected chi connectivity index (χ0v) is 19.3. The maximum absolute atomic E-state index is 15.6. The molecule has 33 heavy (non-hydrogen) atoms. The minimum Gasteiger partial charge on any atom is -0.398 e. The third-order valence-corrected chi connectivity index (χ3v) is 7.53. The minimum absolute atomic E-state index is 0.0248. The fraction of sp³-hybridized carbons (Fsp3) is 0.435. The van der Waals surface area contributed by atoms with Gasteiger partial charge in [0.05, 0.1) is 10.6 Å². The molecule has 10 heteroatoms. The molecule has 5 rings (SSSR count). The van der Waals surface area contributed by atoms with Crippen molar-refractivity contribution in [1.82, 2.24) is 20.1 Å². The topological polar surface area (TPSA) is 104 Å². The maximum Gasteiger partial charge on any atom is 0.317 e. The molecule has 1 aromatic carbocycles. The van der Waals surface area contributed by atoms with Crippen LogP contribution in [-0.2, 0) is 5.41 Å². The van der Waals surface area contributed by atoms with Gasteiger partial charge >= 0.3 is 6.03 Å². The monoisotopic (exact) mass is 472 g/mol. The lowest BCUT2D eigenvalue weighted by atomic mass is 9.80. The van der Waals surface area contributed by atoms with Gasteiger partial charge in [0.2, 0.25) is 0 Å². The van der Waals surface area contributed by atoms with Crippen LogP contribution in [0.3, 0.4) is 0 Å². The summed E-state index contributed by atoms with van der Waals surface area (Å²) in [6.45, 7) is 2.03. The second kappa shape index (κ2) is 7.76. The standard InChI is InChI=1S/C23H26ClFN6O2/c1-30(2)21(32)16-15(26)4-3-13(19(16)25)14-10-28-20-17(18(14)24)23(11-29-20)6-5-12(9-23)31-8-7-27-22(31)33/h3-4,10,12H,5-9,11,26H2,1-2H3,(H,27,33)(H,28,29). The van der Waals surface area contributed by atoms with Crippen molar-refractivity contribution in [3.05, 3.63) is 40.3 Å². The number of hydrogen-bond donors (Lipinski definition) is 3. The molecule has 1 saturated heterocycles. The normalized spacial score (nSPS) is 23.6. The molecule has 2 aromatic rings. The molecule has 4 N–H and O–H groups in total. The first-order valence-electron chi connectivity index (χ1n) is 11.0. The van der Waals surface area contributed by atoms with Gasteiger partial charge in [-0.05, 0) is 31.4 Å². The Kier molecular flexibility index (Phi) is 5.12. The highest BCUT2D eigenvalue weighted by Crippen LogP contribution is 2.53. The van der Waals surface area contributed by atoms with E-state index >= 15 is 4.39 Å². The predicted molar refractivity (Wildman–Crippen MR) is 125 cm³/mol. The number of amides is 3. The molecular weight excluding hydrogens is 447 g/mol. The first-order valence-corrected chi connectivity index (χ1v) is 11.4. The van der Waals surface area contributed by atoms with Crippen LogP contribution in [0.25, 0.3) is 11.1 Å². The lowest BCUT2D eigenvalue weighted by molar-refractivity contribution is 0.0824. The van der Waals surface area contributed by atoms with Crippen LogP contribution in [0.4, 0.5) is 20.7 Å². The van der Waals surface area contributed by atoms with Gasteiger partial charge in [-0.15, -0.1) is 0 Å². The summed E-state index contributed by atoms with van der Waals surface area (Å²) in [5.41, 5.74) is 7.01. The molecule has 1 spiro atoms. The van der Waals surface area contributed by atoms with Crippen LogP contribution in [0, 0.1) is 5.82 Å². The number of halogens is 2. The molecule has 2 fully saturated rings. The van der Waals surface area contributed by atoms with Crippen molar-refractivity contribution in [1.29, 1.82) is 0 Å². The number of anilines is 2. The fourth-order valence-electron chi connectivity index (χ4n) is 5.46. The zero-order valence-electron chi connectivity index (χ0n) is 18.5. The van der Waals surface area contributed by atoms with Crippen molar-refractivity contribution in [2.24, 2.45) is 0 Å². The molecule has 1 saturated carbocycles. The molecule has 174 valence electrons. The van der Waals surface area contributed by atoms with Crippen molar-refractivity contribution < 1.29 is 14.0 Å². The Morgan fingerprint density at radius 2 is 2.12 bits per heavy atom. The summed E-state index contributed by atoms with van der Waals surface area (Å²) in [5.74, 6) is -0.538. The zero-order chi connectivity index (χ0) is 23.5. The van der Waals surface area contributed by atoms with Crippen LogP contribution in [0.1, 0.15) is 35.2 Å². The highest BCUT2D eigenvalue weighted by atomic mass is 35.5. The van der Waals surface area contributed by atoms with Gasteiger partial charge in [0.25, 0.3) is 5.91 Å². The highest BCUT2D eigenvalue weighted by molar-refractivity contribution is 6.34. The van der Waals surface area contributed by atoms with Crippen molar-refractivity contribution in [3.8, 4) is 11.1 Å². The van der Waals surface area contributed by atoms with E-state index in [1.165, 1.54) is 23.2 Å². The number of rotatable bonds is 3. The smallest absolute Gasteiger partial charge is 0.317 e. The Morgan fingerprint density at radius 1 is 1.33 bits per heavy atom. The van der Waals surface area contributed by atoms with Crippen molar-refractivity contribution in [2.75, 3.05) is 44.8 Å². The molecule has 3 aliphatic rings. The number of urea groups is 1. The Balaban J connectivity index is 1.56. The van der Waals surface area contributed by atoms with E-state index in [-0.39, 0.29) is 34.3 Å². The Bertz CT molecular complexity index is 1170. The van der Waals surface area contributed by atoms with Gasteiger partial charge < -0.3 is 26.2 Å². The van der Waals surface area contributed by atoms with Gasteiger partial charge in [0.15, 0.2) is 0 Å². The number of carbonyl (C=O) groups is 2. The van der Waals surface area contributed by atoms with E-state index in [1.807, 2.05) is 4.90 Å². The summed E-state index contributed by atoms with van der Waals surface area (Å²) in [5, 5.41) is 6.64. The lowest BCUT2D eigenvalue weighted by Crippen LogP contribution is -2.38. The first-order chi connectivity index (χ1) is 15.7. The number of nitrogen functional groups attached to an aromatic ring is 1. The largest absolute Gasteiger partial charge is 0.398 e. The Morgan fingerprint density at radius 3 is 2.82 bits per heavy atom. The second-order valence-electron chi connectivity index (χ2n) is 9.26. The van der Waals surface area contributed by atoms with Crippen molar-refractivity contribution in [2.45, 2.75) is 30.7 Å². The molecule has 2 aliphatic heterocycles. The van der Waals surface area contributed by atoms with Crippen LogP contribution in [-0.4, -0.2) is 66.5 Å². The van der Waals surface area contributed by atoms with E-state index in [1.54, 1.807) is 14.1 Å². The summed E-state index contributed by atoms with van der Waals surface area (Å²) in [6.07, 6.45) is 4.01. The Hall–Kier alpha value is -3.07. The number of aromatic nitrogens is 1. The Labute approximate surface area is 196 Å². The minimum atomic E-state index is -0.713. The van der Waals surface area contributed by atoms with Gasteiger partial charge in [-0.3, -0.25) is 4.79 Å². The number of nitrogens with two attached hydrogens (primary N) is 1. The van der Waals surface area contributed by atoms with E-state index in [4.69, 9.17) is 17.3 Å². The van der Waals surface area contributed by atoms with Gasteiger partial charge in [0, 0.05) is 73.8 Å². The molecule has 1 aromatic heterocycles. The first kappa shape index (κ1) is 21.8. The van der Waals surface area contributed by atoms with Gasteiger partial charge in [-0.2, -0.15) is 0 Å². The highest BCUT2D eigenvalue weighted by Gasteiger charge is 2.49. The average molecular weight is 473 g/mol. The van der Waals surface area contributed by atoms with Crippen LogP contribution >= 0.6 is 11.6 Å². The third-order valence-electron chi connectivity index (χ3n) is 7.14. The fourth-order valence-corrected chi connectivity index (χ4v) is 5.90. The molecule has 0 radical (unpaired) electrons. The number of carbonyl (C=O) groups excluding carboxylic acids is 2. The summed E-state index contributed by atoms with van der Waals surface area (Å²) < 4.78 is 15.6. The molecule has 3 amide bonds. The van der Waals surface area contributed by atoms with Crippen LogP contribution in [0.15, 0.2) is 18.3 Å². The van der Waals surface area contributed by atoms with E-state index in [0.717, 1.165) is 24.8 Å².